The molecule has 17 heavy (non-hydrogen) atoms. The van der Waals surface area contributed by atoms with E-state index in [0.29, 0.717) is 11.6 Å². The number of thiazole rings is 1. The lowest BCUT2D eigenvalue weighted by molar-refractivity contribution is 0.338. The first-order valence-electron chi connectivity index (χ1n) is 5.26. The number of aryl methyl sites for hydroxylation is 1. The van der Waals surface area contributed by atoms with Gasteiger partial charge >= 0.3 is 4.87 Å². The summed E-state index contributed by atoms with van der Waals surface area (Å²) in [7, 11) is 1.62. The second-order valence-electron chi connectivity index (χ2n) is 3.92. The Morgan fingerprint density at radius 2 is 2.35 bits per heavy atom. The zero-order valence-corrected chi connectivity index (χ0v) is 10.8. The van der Waals surface area contributed by atoms with Crippen LogP contribution in [0.25, 0.3) is 15.8 Å². The third-order valence-electron chi connectivity index (χ3n) is 2.96. The average Bonchev–Trinajstić information content (AvgIpc) is 2.64. The minimum absolute atomic E-state index is 0.0833. The smallest absolute Gasteiger partial charge is 0.308 e. The van der Waals surface area contributed by atoms with Gasteiger partial charge < -0.3 is 4.74 Å². The van der Waals surface area contributed by atoms with Crippen molar-refractivity contribution >= 4 is 38.7 Å². The zero-order valence-electron chi connectivity index (χ0n) is 9.20. The van der Waals surface area contributed by atoms with E-state index < -0.39 is 0 Å². The molecule has 0 spiro atoms. The highest BCUT2D eigenvalue weighted by atomic mass is 35.5. The Labute approximate surface area is 107 Å². The van der Waals surface area contributed by atoms with E-state index in [9.17, 15) is 4.79 Å². The van der Waals surface area contributed by atoms with E-state index in [0.717, 1.165) is 27.8 Å². The molecular formula is C12H10ClNO2S. The van der Waals surface area contributed by atoms with Gasteiger partial charge in [0.25, 0.3) is 0 Å². The first-order valence-corrected chi connectivity index (χ1v) is 6.46. The predicted octanol–water partition coefficient (Wildman–Crippen LogP) is 3.11. The molecule has 0 bridgehead atoms. The molecular weight excluding hydrogens is 258 g/mol. The van der Waals surface area contributed by atoms with Crippen molar-refractivity contribution < 1.29 is 4.74 Å². The summed E-state index contributed by atoms with van der Waals surface area (Å²) < 4.78 is 7.87. The number of hydrogen-bond donors (Lipinski definition) is 0. The van der Waals surface area contributed by atoms with E-state index in [-0.39, 0.29) is 4.87 Å². The van der Waals surface area contributed by atoms with Crippen LogP contribution in [-0.4, -0.2) is 11.7 Å². The summed E-state index contributed by atoms with van der Waals surface area (Å²) in [6.07, 6.45) is 2.49. The minimum atomic E-state index is 0.0833. The molecule has 2 heterocycles. The second-order valence-corrected chi connectivity index (χ2v) is 5.32. The molecule has 2 aromatic rings. The van der Waals surface area contributed by atoms with E-state index >= 15 is 0 Å². The molecule has 5 heteroatoms. The quantitative estimate of drug-likeness (QED) is 0.744. The van der Waals surface area contributed by atoms with Crippen molar-refractivity contribution in [2.75, 3.05) is 7.11 Å². The number of benzene rings is 1. The van der Waals surface area contributed by atoms with Gasteiger partial charge in [-0.2, -0.15) is 0 Å². The molecule has 3 rings (SSSR count). The van der Waals surface area contributed by atoms with Crippen molar-refractivity contribution in [3.63, 3.8) is 0 Å². The minimum Gasteiger partial charge on any atom is -0.504 e. The summed E-state index contributed by atoms with van der Waals surface area (Å²) in [5.74, 6) is 0. The van der Waals surface area contributed by atoms with Crippen molar-refractivity contribution in [1.82, 2.24) is 4.57 Å². The lowest BCUT2D eigenvalue weighted by Crippen LogP contribution is -2.17. The molecule has 1 aromatic carbocycles. The normalized spacial score (nSPS) is 16.7. The van der Waals surface area contributed by atoms with Gasteiger partial charge in [0.15, 0.2) is 0 Å². The predicted molar refractivity (Wildman–Crippen MR) is 70.7 cm³/mol. The number of hydrogen-bond acceptors (Lipinski definition) is 3. The molecule has 0 unspecified atom stereocenters. The monoisotopic (exact) mass is 267 g/mol. The van der Waals surface area contributed by atoms with Crippen LogP contribution in [0.15, 0.2) is 23.2 Å². The first kappa shape index (κ1) is 10.9. The van der Waals surface area contributed by atoms with Crippen molar-refractivity contribution in [2.45, 2.75) is 13.0 Å². The highest BCUT2D eigenvalue weighted by molar-refractivity contribution is 7.16. The fourth-order valence-electron chi connectivity index (χ4n) is 2.26. The topological polar surface area (TPSA) is 31.2 Å². The van der Waals surface area contributed by atoms with Crippen LogP contribution in [-0.2, 0) is 11.3 Å². The van der Waals surface area contributed by atoms with Crippen LogP contribution >= 0.6 is 22.9 Å². The summed E-state index contributed by atoms with van der Waals surface area (Å²) in [6, 6.07) is 3.74. The van der Waals surface area contributed by atoms with Crippen LogP contribution < -0.4 is 4.87 Å². The highest BCUT2D eigenvalue weighted by Gasteiger charge is 2.22. The van der Waals surface area contributed by atoms with Crippen LogP contribution in [0.2, 0.25) is 5.02 Å². The van der Waals surface area contributed by atoms with Gasteiger partial charge in [0.1, 0.15) is 0 Å². The van der Waals surface area contributed by atoms with Gasteiger partial charge in [-0.05, 0) is 24.1 Å². The van der Waals surface area contributed by atoms with Crippen molar-refractivity contribution in [2.24, 2.45) is 0 Å². The Bertz CT molecular complexity index is 684. The molecule has 1 aromatic heterocycles. The molecule has 1 aliphatic heterocycles. The molecule has 0 N–H and O–H groups in total. The summed E-state index contributed by atoms with van der Waals surface area (Å²) in [5, 5.41) is 0.673. The van der Waals surface area contributed by atoms with Gasteiger partial charge in [-0.25, -0.2) is 0 Å². The molecule has 0 aliphatic carbocycles. The summed E-state index contributed by atoms with van der Waals surface area (Å²) in [5.41, 5.74) is 2.94. The van der Waals surface area contributed by atoms with Crippen LogP contribution in [0.3, 0.4) is 0 Å². The Morgan fingerprint density at radius 1 is 1.53 bits per heavy atom. The lowest BCUT2D eigenvalue weighted by Gasteiger charge is -2.18. The van der Waals surface area contributed by atoms with E-state index in [1.807, 2.05) is 12.1 Å². The molecule has 0 fully saturated rings. The van der Waals surface area contributed by atoms with E-state index in [2.05, 4.69) is 0 Å². The fourth-order valence-corrected chi connectivity index (χ4v) is 3.46. The number of allylic oxidation sites excluding steroid dienone is 1. The van der Waals surface area contributed by atoms with Gasteiger partial charge in [-0.1, -0.05) is 22.9 Å². The maximum absolute atomic E-state index is 11.8. The summed E-state index contributed by atoms with van der Waals surface area (Å²) in [4.78, 5) is 11.9. The molecule has 0 amide bonds. The Hall–Kier alpha value is -1.26. The highest BCUT2D eigenvalue weighted by Crippen LogP contribution is 2.37. The zero-order chi connectivity index (χ0) is 12.0. The largest absolute Gasteiger partial charge is 0.504 e. The van der Waals surface area contributed by atoms with E-state index in [4.69, 9.17) is 16.3 Å². The fraction of sp³-hybridized carbons (Fsp3) is 0.250. The van der Waals surface area contributed by atoms with Crippen LogP contribution in [0.5, 0.6) is 0 Å². The average molecular weight is 268 g/mol. The second kappa shape index (κ2) is 3.89. The number of ether oxygens (including phenoxy) is 1. The van der Waals surface area contributed by atoms with Gasteiger partial charge in [-0.15, -0.1) is 0 Å². The van der Waals surface area contributed by atoms with Gasteiger partial charge in [0.2, 0.25) is 0 Å². The SMILES string of the molecule is CO/C=C1/CCn2c(=O)sc3ccc(Cl)c1c32. The molecule has 0 radical (unpaired) electrons. The van der Waals surface area contributed by atoms with Gasteiger partial charge in [-0.3, -0.25) is 9.36 Å². The molecule has 0 saturated carbocycles. The number of methoxy groups -OCH3 is 1. The number of halogens is 1. The third-order valence-corrected chi connectivity index (χ3v) is 4.22. The van der Waals surface area contributed by atoms with E-state index in [1.165, 1.54) is 11.3 Å². The molecule has 1 aliphatic rings. The molecule has 0 saturated heterocycles. The molecule has 88 valence electrons. The Morgan fingerprint density at radius 3 is 3.12 bits per heavy atom. The molecule has 3 nitrogen and oxygen atoms in total. The maximum atomic E-state index is 11.8. The van der Waals surface area contributed by atoms with Crippen LogP contribution in [0.1, 0.15) is 12.0 Å². The van der Waals surface area contributed by atoms with Crippen molar-refractivity contribution in [1.29, 1.82) is 0 Å². The standard InChI is InChI=1S/C12H10ClNO2S/c1-16-6-7-4-5-14-11-9(17-12(14)15)3-2-8(13)10(7)11/h2-3,6H,4-5H2,1H3/b7-6-. The number of nitrogens with zero attached hydrogens (tertiary/aromatic N) is 1. The van der Waals surface area contributed by atoms with Gasteiger partial charge in [0, 0.05) is 12.1 Å². The van der Waals surface area contributed by atoms with Gasteiger partial charge in [0.05, 0.1) is 28.6 Å². The van der Waals surface area contributed by atoms with Crippen LogP contribution in [0.4, 0.5) is 0 Å². The van der Waals surface area contributed by atoms with E-state index in [1.54, 1.807) is 17.9 Å². The van der Waals surface area contributed by atoms with Crippen molar-refractivity contribution in [3.8, 4) is 0 Å². The maximum Gasteiger partial charge on any atom is 0.308 e. The van der Waals surface area contributed by atoms with Crippen LogP contribution in [0, 0.1) is 0 Å². The lowest BCUT2D eigenvalue weighted by atomic mass is 9.99. The van der Waals surface area contributed by atoms with Crippen molar-refractivity contribution in [3.05, 3.63) is 38.6 Å². The number of rotatable bonds is 1. The summed E-state index contributed by atoms with van der Waals surface area (Å²) in [6.45, 7) is 0.696. The summed E-state index contributed by atoms with van der Waals surface area (Å²) >= 11 is 7.51. The molecule has 0 atom stereocenters. The number of aromatic nitrogens is 1. The Kier molecular flexibility index (Phi) is 2.49. The third kappa shape index (κ3) is 1.51. The first-order chi connectivity index (χ1) is 8.22. The Balaban J connectivity index is 2.46.